The summed E-state index contributed by atoms with van der Waals surface area (Å²) in [5, 5.41) is 9.15. The lowest BCUT2D eigenvalue weighted by atomic mass is 10.1. The van der Waals surface area contributed by atoms with Crippen molar-refractivity contribution in [2.24, 2.45) is 0 Å². The summed E-state index contributed by atoms with van der Waals surface area (Å²) >= 11 is 0. The Hall–Kier alpha value is -2.33. The summed E-state index contributed by atoms with van der Waals surface area (Å²) < 4.78 is 25.1. The highest BCUT2D eigenvalue weighted by molar-refractivity contribution is 8.23. The molecule has 27 heavy (non-hydrogen) atoms. The van der Waals surface area contributed by atoms with Gasteiger partial charge in [-0.15, -0.1) is 0 Å². The predicted octanol–water partition coefficient (Wildman–Crippen LogP) is 3.20. The van der Waals surface area contributed by atoms with E-state index >= 15 is 0 Å². The minimum Gasteiger partial charge on any atom is -0.465 e. The molecule has 2 aliphatic rings. The molecule has 0 aliphatic carbocycles. The molecule has 1 aromatic heterocycles. The van der Waals surface area contributed by atoms with Crippen LogP contribution in [0.25, 0.3) is 11.3 Å². The molecule has 1 unspecified atom stereocenters. The Labute approximate surface area is 159 Å². The smallest absolute Gasteiger partial charge is 0.407 e. The summed E-state index contributed by atoms with van der Waals surface area (Å²) in [5.41, 5.74) is 2.44. The molecule has 1 atom stereocenters. The summed E-state index contributed by atoms with van der Waals surface area (Å²) in [4.78, 5) is 16.8. The number of nitrogens with zero attached hydrogens (tertiary/aromatic N) is 4. The van der Waals surface area contributed by atoms with Gasteiger partial charge in [0.15, 0.2) is 0 Å². The van der Waals surface area contributed by atoms with Crippen LogP contribution in [-0.4, -0.2) is 66.7 Å². The van der Waals surface area contributed by atoms with Gasteiger partial charge in [-0.25, -0.2) is 4.79 Å². The van der Waals surface area contributed by atoms with Gasteiger partial charge in [-0.1, -0.05) is 29.2 Å². The van der Waals surface area contributed by atoms with E-state index < -0.39 is 17.1 Å². The molecule has 8 nitrogen and oxygen atoms in total. The maximum absolute atomic E-state index is 11.2. The van der Waals surface area contributed by atoms with Gasteiger partial charge >= 0.3 is 6.09 Å². The molecule has 2 saturated heterocycles. The number of rotatable bonds is 3. The molecular weight excluding hydrogens is 368 g/mol. The van der Waals surface area contributed by atoms with E-state index in [1.165, 1.54) is 4.90 Å². The second-order valence-electron chi connectivity index (χ2n) is 6.67. The fraction of sp³-hybridized carbons (Fsp3) is 0.333. The topological polar surface area (TPSA) is 100 Å². The first-order chi connectivity index (χ1) is 13.0. The van der Waals surface area contributed by atoms with Crippen LogP contribution in [0.2, 0.25) is 0 Å². The van der Waals surface area contributed by atoms with Crippen LogP contribution < -0.4 is 4.31 Å². The van der Waals surface area contributed by atoms with Gasteiger partial charge in [0.1, 0.15) is 0 Å². The van der Waals surface area contributed by atoms with Gasteiger partial charge in [-0.05, 0) is 30.7 Å². The molecule has 0 radical (unpaired) electrons. The fourth-order valence-electron chi connectivity index (χ4n) is 3.72. The summed E-state index contributed by atoms with van der Waals surface area (Å²) in [7, 11) is -3.19. The van der Waals surface area contributed by atoms with Crippen LogP contribution >= 0.6 is 11.0 Å². The lowest BCUT2D eigenvalue weighted by Gasteiger charge is -2.45. The van der Waals surface area contributed by atoms with E-state index in [1.807, 2.05) is 42.5 Å². The largest absolute Gasteiger partial charge is 0.465 e. The van der Waals surface area contributed by atoms with Gasteiger partial charge in [-0.3, -0.25) is 18.4 Å². The van der Waals surface area contributed by atoms with Gasteiger partial charge in [0.05, 0.1) is 24.0 Å². The normalized spacial score (nSPS) is 23.6. The molecule has 0 spiro atoms. The van der Waals surface area contributed by atoms with E-state index in [1.54, 1.807) is 14.8 Å². The van der Waals surface area contributed by atoms with Gasteiger partial charge in [-0.2, -0.15) is 4.31 Å². The Morgan fingerprint density at radius 2 is 1.96 bits per heavy atom. The molecule has 3 heterocycles. The number of benzene rings is 1. The van der Waals surface area contributed by atoms with Crippen molar-refractivity contribution in [1.82, 2.24) is 14.2 Å². The van der Waals surface area contributed by atoms with Gasteiger partial charge in [0.2, 0.25) is 0 Å². The lowest BCUT2D eigenvalue weighted by Crippen LogP contribution is -2.39. The molecule has 1 aromatic carbocycles. The van der Waals surface area contributed by atoms with Gasteiger partial charge < -0.3 is 10.0 Å². The Morgan fingerprint density at radius 1 is 1.11 bits per heavy atom. The maximum atomic E-state index is 11.2. The van der Waals surface area contributed by atoms with Crippen molar-refractivity contribution in [1.29, 1.82) is 0 Å². The summed E-state index contributed by atoms with van der Waals surface area (Å²) in [6.07, 6.45) is 1.36. The fourth-order valence-corrected chi connectivity index (χ4v) is 5.59. The summed E-state index contributed by atoms with van der Waals surface area (Å²) in [6.45, 7) is 1.67. The second kappa shape index (κ2) is 7.01. The lowest BCUT2D eigenvalue weighted by molar-refractivity contribution is 0.152. The van der Waals surface area contributed by atoms with E-state index in [0.29, 0.717) is 38.3 Å². The van der Waals surface area contributed by atoms with Gasteiger partial charge in [0.25, 0.3) is 0 Å². The molecule has 3 N–H and O–H groups in total. The minimum absolute atomic E-state index is 0.185. The van der Waals surface area contributed by atoms with Crippen molar-refractivity contribution < 1.29 is 19.0 Å². The summed E-state index contributed by atoms with van der Waals surface area (Å²) in [6, 6.07) is 13.0. The van der Waals surface area contributed by atoms with E-state index in [9.17, 15) is 13.9 Å². The highest BCUT2D eigenvalue weighted by atomic mass is 32.3. The minimum atomic E-state index is -3.19. The molecule has 1 amide bonds. The van der Waals surface area contributed by atoms with Crippen molar-refractivity contribution in [2.75, 3.05) is 30.5 Å². The van der Waals surface area contributed by atoms with Crippen LogP contribution in [0, 0.1) is 0 Å². The molecule has 2 aliphatic heterocycles. The van der Waals surface area contributed by atoms with Crippen LogP contribution in [0.3, 0.4) is 0 Å². The predicted molar refractivity (Wildman–Crippen MR) is 105 cm³/mol. The van der Waals surface area contributed by atoms with Crippen molar-refractivity contribution in [3.63, 3.8) is 0 Å². The Kier molecular flexibility index (Phi) is 4.68. The number of hydrogen-bond acceptors (Lipinski definition) is 6. The van der Waals surface area contributed by atoms with E-state index in [0.717, 1.165) is 11.3 Å². The highest BCUT2D eigenvalue weighted by Gasteiger charge is 2.44. The van der Waals surface area contributed by atoms with Crippen molar-refractivity contribution in [3.05, 3.63) is 48.7 Å². The number of aromatic nitrogens is 1. The van der Waals surface area contributed by atoms with E-state index in [2.05, 4.69) is 4.98 Å². The van der Waals surface area contributed by atoms with Crippen LogP contribution in [0.15, 0.2) is 48.7 Å². The molecule has 144 valence electrons. The first-order valence-electron chi connectivity index (χ1n) is 8.79. The zero-order valence-corrected chi connectivity index (χ0v) is 15.5. The van der Waals surface area contributed by atoms with Crippen molar-refractivity contribution in [2.45, 2.75) is 12.5 Å². The molecule has 9 heteroatoms. The third-order valence-corrected chi connectivity index (χ3v) is 7.16. The summed E-state index contributed by atoms with van der Waals surface area (Å²) in [5.74, 6) is 0. The third kappa shape index (κ3) is 3.34. The van der Waals surface area contributed by atoms with Gasteiger partial charge in [0, 0.05) is 31.4 Å². The quantitative estimate of drug-likeness (QED) is 0.740. The number of likely N-dealkylation sites (tertiary alicyclic amines) is 1. The molecule has 2 aromatic rings. The number of anilines is 1. The zero-order chi connectivity index (χ0) is 19.0. The third-order valence-electron chi connectivity index (χ3n) is 5.07. The van der Waals surface area contributed by atoms with Crippen LogP contribution in [0.5, 0.6) is 0 Å². The maximum Gasteiger partial charge on any atom is 0.407 e. The second-order valence-corrected chi connectivity index (χ2v) is 8.56. The van der Waals surface area contributed by atoms with Crippen LogP contribution in [-0.2, 0) is 0 Å². The van der Waals surface area contributed by atoms with Crippen molar-refractivity contribution >= 4 is 22.7 Å². The average molecular weight is 390 g/mol. The molecule has 4 rings (SSSR count). The van der Waals surface area contributed by atoms with E-state index in [-0.39, 0.29) is 6.04 Å². The van der Waals surface area contributed by atoms with E-state index in [4.69, 9.17) is 5.11 Å². The standard InChI is InChI=1S/C18H22N4O4S/c23-18(24)20-9-7-16(13-20)22-11-10-21(27(22,25)26)15-5-3-4-14(12-15)17-6-1-2-8-19-17/h1-6,8,12,16,25-26H,7,9-11,13H2,(H,23,24). The average Bonchev–Trinajstić information content (AvgIpc) is 3.26. The Balaban J connectivity index is 1.56. The molecular formula is C18H22N4O4S. The highest BCUT2D eigenvalue weighted by Crippen LogP contribution is 2.55. The first-order valence-corrected chi connectivity index (χ1v) is 10.2. The van der Waals surface area contributed by atoms with Crippen molar-refractivity contribution in [3.8, 4) is 11.3 Å². The monoisotopic (exact) mass is 390 g/mol. The number of pyridine rings is 1. The number of carboxylic acid groups (broad SMARTS) is 1. The number of amides is 1. The Bertz CT molecular complexity index is 835. The zero-order valence-electron chi connectivity index (χ0n) is 14.7. The molecule has 0 bridgehead atoms. The van der Waals surface area contributed by atoms with Crippen LogP contribution in [0.4, 0.5) is 10.5 Å². The SMILES string of the molecule is O=C(O)N1CCC(N2CCN(c3cccc(-c4ccccn4)c3)S2(O)O)C1. The number of carbonyl (C=O) groups is 1. The number of hydrogen-bond donors (Lipinski definition) is 3. The molecule has 0 saturated carbocycles. The van der Waals surface area contributed by atoms with Crippen LogP contribution in [0.1, 0.15) is 6.42 Å². The Morgan fingerprint density at radius 3 is 2.67 bits per heavy atom. The first kappa shape index (κ1) is 18.1. The molecule has 2 fully saturated rings.